The SMILES string of the molecule is Cc1c(N)cccc1SC(C)C(=O)NC(C)C. The molecule has 3 nitrogen and oxygen atoms in total. The fraction of sp³-hybridized carbons (Fsp3) is 0.462. The molecule has 1 aromatic rings. The topological polar surface area (TPSA) is 55.1 Å². The fourth-order valence-corrected chi connectivity index (χ4v) is 2.41. The number of benzene rings is 1. The van der Waals surface area contributed by atoms with E-state index in [4.69, 9.17) is 5.73 Å². The molecule has 1 amide bonds. The van der Waals surface area contributed by atoms with Crippen LogP contribution in [0.1, 0.15) is 26.3 Å². The molecule has 0 spiro atoms. The summed E-state index contributed by atoms with van der Waals surface area (Å²) in [5.74, 6) is 0.0619. The quantitative estimate of drug-likeness (QED) is 0.639. The molecule has 4 heteroatoms. The molecule has 0 fully saturated rings. The van der Waals surface area contributed by atoms with Crippen LogP contribution < -0.4 is 11.1 Å². The number of nitrogen functional groups attached to an aromatic ring is 1. The molecule has 0 aliphatic heterocycles. The highest BCUT2D eigenvalue weighted by Gasteiger charge is 2.16. The van der Waals surface area contributed by atoms with Crippen LogP contribution >= 0.6 is 11.8 Å². The van der Waals surface area contributed by atoms with Crippen molar-refractivity contribution in [2.45, 2.75) is 43.9 Å². The lowest BCUT2D eigenvalue weighted by atomic mass is 10.2. The van der Waals surface area contributed by atoms with E-state index in [1.807, 2.05) is 45.9 Å². The maximum atomic E-state index is 11.8. The van der Waals surface area contributed by atoms with Gasteiger partial charge in [0.2, 0.25) is 5.91 Å². The van der Waals surface area contributed by atoms with Gasteiger partial charge < -0.3 is 11.1 Å². The van der Waals surface area contributed by atoms with E-state index in [0.29, 0.717) is 0 Å². The van der Waals surface area contributed by atoms with Crippen molar-refractivity contribution in [3.05, 3.63) is 23.8 Å². The van der Waals surface area contributed by atoms with Crippen molar-refractivity contribution in [2.75, 3.05) is 5.73 Å². The van der Waals surface area contributed by atoms with Gasteiger partial charge in [-0.1, -0.05) is 6.07 Å². The fourth-order valence-electron chi connectivity index (χ4n) is 1.40. The summed E-state index contributed by atoms with van der Waals surface area (Å²) >= 11 is 1.54. The molecule has 94 valence electrons. The minimum Gasteiger partial charge on any atom is -0.398 e. The lowest BCUT2D eigenvalue weighted by Crippen LogP contribution is -2.35. The zero-order chi connectivity index (χ0) is 13.0. The molecule has 0 aliphatic rings. The Morgan fingerprint density at radius 2 is 2.00 bits per heavy atom. The number of nitrogens with one attached hydrogen (secondary N) is 1. The van der Waals surface area contributed by atoms with Crippen LogP contribution in [0.4, 0.5) is 5.69 Å². The van der Waals surface area contributed by atoms with Gasteiger partial charge in [-0.05, 0) is 45.4 Å². The van der Waals surface area contributed by atoms with Gasteiger partial charge in [0, 0.05) is 16.6 Å². The van der Waals surface area contributed by atoms with Crippen LogP contribution in [0.3, 0.4) is 0 Å². The molecule has 0 bridgehead atoms. The van der Waals surface area contributed by atoms with Crippen LogP contribution in [0.25, 0.3) is 0 Å². The highest BCUT2D eigenvalue weighted by molar-refractivity contribution is 8.00. The predicted octanol–water partition coefficient (Wildman–Crippen LogP) is 2.58. The van der Waals surface area contributed by atoms with Crippen molar-refractivity contribution in [1.82, 2.24) is 5.32 Å². The molecule has 1 atom stereocenters. The van der Waals surface area contributed by atoms with E-state index in [9.17, 15) is 4.79 Å². The Labute approximate surface area is 107 Å². The molecule has 1 unspecified atom stereocenters. The zero-order valence-electron chi connectivity index (χ0n) is 10.8. The Morgan fingerprint density at radius 1 is 1.35 bits per heavy atom. The molecule has 0 aliphatic carbocycles. The number of carbonyl (C=O) groups is 1. The number of nitrogens with two attached hydrogens (primary N) is 1. The normalized spacial score (nSPS) is 12.5. The zero-order valence-corrected chi connectivity index (χ0v) is 11.6. The Bertz CT molecular complexity index is 404. The van der Waals surface area contributed by atoms with E-state index in [2.05, 4.69) is 5.32 Å². The van der Waals surface area contributed by atoms with E-state index < -0.39 is 0 Å². The minimum absolute atomic E-state index is 0.0619. The summed E-state index contributed by atoms with van der Waals surface area (Å²) in [5.41, 5.74) is 7.65. The maximum absolute atomic E-state index is 11.8. The van der Waals surface area contributed by atoms with Crippen LogP contribution in [-0.2, 0) is 4.79 Å². The molecule has 17 heavy (non-hydrogen) atoms. The first-order valence-corrected chi connectivity index (χ1v) is 6.62. The van der Waals surface area contributed by atoms with Crippen molar-refractivity contribution in [3.63, 3.8) is 0 Å². The van der Waals surface area contributed by atoms with Gasteiger partial charge in [-0.3, -0.25) is 4.79 Å². The minimum atomic E-state index is -0.113. The Hall–Kier alpha value is -1.16. The van der Waals surface area contributed by atoms with E-state index >= 15 is 0 Å². The summed E-state index contributed by atoms with van der Waals surface area (Å²) < 4.78 is 0. The van der Waals surface area contributed by atoms with Crippen molar-refractivity contribution >= 4 is 23.4 Å². The van der Waals surface area contributed by atoms with Gasteiger partial charge in [0.1, 0.15) is 0 Å². The number of carbonyl (C=O) groups excluding carboxylic acids is 1. The highest BCUT2D eigenvalue weighted by Crippen LogP contribution is 2.29. The van der Waals surface area contributed by atoms with Gasteiger partial charge in [0.15, 0.2) is 0 Å². The monoisotopic (exact) mass is 252 g/mol. The Morgan fingerprint density at radius 3 is 2.59 bits per heavy atom. The Balaban J connectivity index is 2.71. The lowest BCUT2D eigenvalue weighted by molar-refractivity contribution is -0.120. The number of thioether (sulfide) groups is 1. The van der Waals surface area contributed by atoms with Gasteiger partial charge in [-0.25, -0.2) is 0 Å². The van der Waals surface area contributed by atoms with Crippen LogP contribution in [-0.4, -0.2) is 17.2 Å². The van der Waals surface area contributed by atoms with E-state index in [-0.39, 0.29) is 17.2 Å². The molecular weight excluding hydrogens is 232 g/mol. The number of amides is 1. The first-order valence-electron chi connectivity index (χ1n) is 5.74. The number of anilines is 1. The molecule has 1 aromatic carbocycles. The Kier molecular flexibility index (Phi) is 4.87. The van der Waals surface area contributed by atoms with Crippen molar-refractivity contribution in [1.29, 1.82) is 0 Å². The molecule has 0 saturated carbocycles. The summed E-state index contributed by atoms with van der Waals surface area (Å²) in [6.07, 6.45) is 0. The van der Waals surface area contributed by atoms with Gasteiger partial charge in [0.25, 0.3) is 0 Å². The van der Waals surface area contributed by atoms with Crippen molar-refractivity contribution < 1.29 is 4.79 Å². The molecule has 0 radical (unpaired) electrons. The summed E-state index contributed by atoms with van der Waals surface area (Å²) in [5, 5.41) is 2.79. The second-order valence-corrected chi connectivity index (χ2v) is 5.78. The van der Waals surface area contributed by atoms with Gasteiger partial charge >= 0.3 is 0 Å². The second kappa shape index (κ2) is 5.96. The third-order valence-electron chi connectivity index (χ3n) is 2.43. The summed E-state index contributed by atoms with van der Waals surface area (Å²) in [7, 11) is 0. The first-order chi connectivity index (χ1) is 7.91. The van der Waals surface area contributed by atoms with Gasteiger partial charge in [0.05, 0.1) is 5.25 Å². The van der Waals surface area contributed by atoms with E-state index in [0.717, 1.165) is 16.1 Å². The van der Waals surface area contributed by atoms with Crippen LogP contribution in [0, 0.1) is 6.92 Å². The maximum Gasteiger partial charge on any atom is 0.233 e. The molecule has 0 heterocycles. The van der Waals surface area contributed by atoms with Crippen molar-refractivity contribution in [3.8, 4) is 0 Å². The first kappa shape index (κ1) is 13.9. The highest BCUT2D eigenvalue weighted by atomic mass is 32.2. The van der Waals surface area contributed by atoms with Crippen LogP contribution in [0.15, 0.2) is 23.1 Å². The molecular formula is C13H20N2OS. The van der Waals surface area contributed by atoms with Gasteiger partial charge in [-0.15, -0.1) is 11.8 Å². The third kappa shape index (κ3) is 3.97. The second-order valence-electron chi connectivity index (χ2n) is 4.39. The van der Waals surface area contributed by atoms with Crippen molar-refractivity contribution in [2.24, 2.45) is 0 Å². The average Bonchev–Trinajstić information content (AvgIpc) is 2.23. The van der Waals surface area contributed by atoms with E-state index in [1.54, 1.807) is 11.8 Å². The largest absolute Gasteiger partial charge is 0.398 e. The number of hydrogen-bond donors (Lipinski definition) is 2. The molecule has 3 N–H and O–H groups in total. The number of hydrogen-bond acceptors (Lipinski definition) is 3. The summed E-state index contributed by atoms with van der Waals surface area (Å²) in [6.45, 7) is 7.80. The van der Waals surface area contributed by atoms with Crippen LogP contribution in [0.5, 0.6) is 0 Å². The molecule has 1 rings (SSSR count). The summed E-state index contributed by atoms with van der Waals surface area (Å²) in [4.78, 5) is 12.9. The average molecular weight is 252 g/mol. The lowest BCUT2D eigenvalue weighted by Gasteiger charge is -2.15. The third-order valence-corrected chi connectivity index (χ3v) is 3.69. The smallest absolute Gasteiger partial charge is 0.233 e. The van der Waals surface area contributed by atoms with Gasteiger partial charge in [-0.2, -0.15) is 0 Å². The predicted molar refractivity (Wildman–Crippen MR) is 74.2 cm³/mol. The molecule has 0 aromatic heterocycles. The standard InChI is InChI=1S/C13H20N2OS/c1-8(2)15-13(16)10(4)17-12-7-5-6-11(14)9(12)3/h5-8,10H,14H2,1-4H3,(H,15,16). The summed E-state index contributed by atoms with van der Waals surface area (Å²) in [6, 6.07) is 5.96. The molecule has 0 saturated heterocycles. The van der Waals surface area contributed by atoms with Crippen LogP contribution in [0.2, 0.25) is 0 Å². The number of rotatable bonds is 4. The van der Waals surface area contributed by atoms with E-state index in [1.165, 1.54) is 0 Å².